The summed E-state index contributed by atoms with van der Waals surface area (Å²) in [4.78, 5) is 23.8. The van der Waals surface area contributed by atoms with Crippen molar-refractivity contribution in [3.63, 3.8) is 0 Å². The van der Waals surface area contributed by atoms with Crippen LogP contribution in [0.2, 0.25) is 0 Å². The van der Waals surface area contributed by atoms with E-state index in [2.05, 4.69) is 0 Å². The van der Waals surface area contributed by atoms with Gasteiger partial charge in [0.1, 0.15) is 6.04 Å². The van der Waals surface area contributed by atoms with Gasteiger partial charge in [-0.15, -0.1) is 0 Å². The first-order valence-electron chi connectivity index (χ1n) is 5.09. The van der Waals surface area contributed by atoms with E-state index in [4.69, 9.17) is 5.11 Å². The molecule has 0 unspecified atom stereocenters. The van der Waals surface area contributed by atoms with Crippen LogP contribution in [0.4, 0.5) is 0 Å². The molecule has 1 aliphatic heterocycles. The molecule has 0 spiro atoms. The van der Waals surface area contributed by atoms with Crippen molar-refractivity contribution >= 4 is 11.9 Å². The number of piperidine rings is 1. The highest BCUT2D eigenvalue weighted by atomic mass is 16.4. The van der Waals surface area contributed by atoms with Gasteiger partial charge in [0.2, 0.25) is 5.91 Å². The minimum absolute atomic E-state index is 0.113. The molecule has 0 saturated carbocycles. The van der Waals surface area contributed by atoms with Crippen LogP contribution >= 0.6 is 0 Å². The molecule has 1 aliphatic rings. The predicted octanol–water partition coefficient (Wildman–Crippen LogP) is 1.25. The Morgan fingerprint density at radius 3 is 2.50 bits per heavy atom. The second-order valence-corrected chi connectivity index (χ2v) is 3.77. The molecule has 0 radical (unpaired) electrons. The van der Waals surface area contributed by atoms with Crippen LogP contribution in [-0.2, 0) is 9.59 Å². The van der Waals surface area contributed by atoms with Crippen LogP contribution in [0.15, 0.2) is 0 Å². The van der Waals surface area contributed by atoms with Crippen LogP contribution in [0.1, 0.15) is 39.5 Å². The summed E-state index contributed by atoms with van der Waals surface area (Å²) in [5.74, 6) is -0.998. The molecule has 0 aliphatic carbocycles. The van der Waals surface area contributed by atoms with E-state index >= 15 is 0 Å². The first-order chi connectivity index (χ1) is 6.57. The van der Waals surface area contributed by atoms with Crippen LogP contribution in [0.3, 0.4) is 0 Å². The van der Waals surface area contributed by atoms with Crippen LogP contribution in [-0.4, -0.2) is 34.0 Å². The van der Waals surface area contributed by atoms with Gasteiger partial charge in [0.25, 0.3) is 0 Å². The van der Waals surface area contributed by atoms with Crippen LogP contribution in [0.25, 0.3) is 0 Å². The van der Waals surface area contributed by atoms with Crippen molar-refractivity contribution in [3.8, 4) is 0 Å². The Hall–Kier alpha value is -1.06. The van der Waals surface area contributed by atoms with Crippen LogP contribution < -0.4 is 0 Å². The number of likely N-dealkylation sites (tertiary alicyclic amines) is 1. The third-order valence-electron chi connectivity index (χ3n) is 2.86. The van der Waals surface area contributed by atoms with Gasteiger partial charge in [0.15, 0.2) is 0 Å². The highest BCUT2D eigenvalue weighted by Crippen LogP contribution is 2.25. The minimum atomic E-state index is -0.877. The second-order valence-electron chi connectivity index (χ2n) is 3.77. The summed E-state index contributed by atoms with van der Waals surface area (Å²) < 4.78 is 0. The van der Waals surface area contributed by atoms with E-state index in [-0.39, 0.29) is 11.9 Å². The summed E-state index contributed by atoms with van der Waals surface area (Å²) in [6.07, 6.45) is 3.26. The van der Waals surface area contributed by atoms with Gasteiger partial charge in [-0.2, -0.15) is 0 Å². The fourth-order valence-electron chi connectivity index (χ4n) is 2.20. The predicted molar refractivity (Wildman–Crippen MR) is 51.9 cm³/mol. The average molecular weight is 199 g/mol. The normalized spacial score (nSPS) is 27.4. The molecular weight excluding hydrogens is 182 g/mol. The van der Waals surface area contributed by atoms with Gasteiger partial charge in [-0.25, -0.2) is 4.79 Å². The maximum absolute atomic E-state index is 11.3. The molecule has 1 rings (SSSR count). The topological polar surface area (TPSA) is 57.6 Å². The summed E-state index contributed by atoms with van der Waals surface area (Å²) in [6.45, 7) is 3.44. The number of amides is 1. The van der Waals surface area contributed by atoms with Gasteiger partial charge < -0.3 is 10.0 Å². The molecule has 1 heterocycles. The van der Waals surface area contributed by atoms with Crippen molar-refractivity contribution in [2.24, 2.45) is 0 Å². The van der Waals surface area contributed by atoms with Crippen LogP contribution in [0.5, 0.6) is 0 Å². The third kappa shape index (κ3) is 2.05. The van der Waals surface area contributed by atoms with Crippen LogP contribution in [0, 0.1) is 0 Å². The smallest absolute Gasteiger partial charge is 0.326 e. The van der Waals surface area contributed by atoms with E-state index in [1.807, 2.05) is 6.92 Å². The molecule has 1 amide bonds. The van der Waals surface area contributed by atoms with E-state index < -0.39 is 12.0 Å². The van der Waals surface area contributed by atoms with E-state index in [9.17, 15) is 9.59 Å². The molecule has 0 bridgehead atoms. The van der Waals surface area contributed by atoms with Crippen molar-refractivity contribution in [1.29, 1.82) is 0 Å². The zero-order valence-electron chi connectivity index (χ0n) is 8.69. The number of carboxylic acid groups (broad SMARTS) is 1. The van der Waals surface area contributed by atoms with Gasteiger partial charge in [0, 0.05) is 13.0 Å². The van der Waals surface area contributed by atoms with Gasteiger partial charge in [0.05, 0.1) is 0 Å². The quantitative estimate of drug-likeness (QED) is 0.728. The highest BCUT2D eigenvalue weighted by molar-refractivity contribution is 5.82. The molecule has 2 atom stereocenters. The van der Waals surface area contributed by atoms with Crippen molar-refractivity contribution in [3.05, 3.63) is 0 Å². The molecule has 4 nitrogen and oxygen atoms in total. The van der Waals surface area contributed by atoms with Gasteiger partial charge in [-0.3, -0.25) is 4.79 Å². The molecule has 1 fully saturated rings. The zero-order chi connectivity index (χ0) is 10.7. The van der Waals surface area contributed by atoms with Gasteiger partial charge in [-0.1, -0.05) is 6.92 Å². The molecule has 80 valence electrons. The Balaban J connectivity index is 2.83. The third-order valence-corrected chi connectivity index (χ3v) is 2.86. The Morgan fingerprint density at radius 2 is 2.07 bits per heavy atom. The molecule has 0 aromatic heterocycles. The highest BCUT2D eigenvalue weighted by Gasteiger charge is 2.35. The summed E-state index contributed by atoms with van der Waals surface area (Å²) >= 11 is 0. The number of hydrogen-bond donors (Lipinski definition) is 1. The number of rotatable bonds is 2. The molecule has 0 aromatic rings. The lowest BCUT2D eigenvalue weighted by Gasteiger charge is -2.39. The zero-order valence-corrected chi connectivity index (χ0v) is 8.69. The fourth-order valence-corrected chi connectivity index (χ4v) is 2.20. The second kappa shape index (κ2) is 4.44. The SMILES string of the molecule is CC[C@@H]1CCC[C@H](C(=O)O)N1C(C)=O. The maximum atomic E-state index is 11.3. The van der Waals surface area contributed by atoms with Crippen molar-refractivity contribution in [1.82, 2.24) is 4.90 Å². The van der Waals surface area contributed by atoms with Crippen molar-refractivity contribution < 1.29 is 14.7 Å². The van der Waals surface area contributed by atoms with Crippen molar-refractivity contribution in [2.75, 3.05) is 0 Å². The Kier molecular flexibility index (Phi) is 3.49. The van der Waals surface area contributed by atoms with Gasteiger partial charge >= 0.3 is 5.97 Å². The summed E-state index contributed by atoms with van der Waals surface area (Å²) in [5, 5.41) is 8.98. The largest absolute Gasteiger partial charge is 0.480 e. The van der Waals surface area contributed by atoms with E-state index in [0.717, 1.165) is 19.3 Å². The molecular formula is C10H17NO3. The summed E-state index contributed by atoms with van der Waals surface area (Å²) in [7, 11) is 0. The maximum Gasteiger partial charge on any atom is 0.326 e. The fraction of sp³-hybridized carbons (Fsp3) is 0.800. The van der Waals surface area contributed by atoms with Gasteiger partial charge in [-0.05, 0) is 25.7 Å². The van der Waals surface area contributed by atoms with E-state index in [0.29, 0.717) is 6.42 Å². The standard InChI is InChI=1S/C10H17NO3/c1-3-8-5-4-6-9(10(13)14)11(8)7(2)12/h8-9H,3-6H2,1-2H3,(H,13,14)/t8-,9-/m1/s1. The number of aliphatic carboxylic acids is 1. The molecule has 14 heavy (non-hydrogen) atoms. The molecule has 1 N–H and O–H groups in total. The monoisotopic (exact) mass is 199 g/mol. The van der Waals surface area contributed by atoms with E-state index in [1.165, 1.54) is 11.8 Å². The Labute approximate surface area is 83.9 Å². The number of carbonyl (C=O) groups excluding carboxylic acids is 1. The lowest BCUT2D eigenvalue weighted by atomic mass is 9.94. The lowest BCUT2D eigenvalue weighted by Crippen LogP contribution is -2.52. The number of hydrogen-bond acceptors (Lipinski definition) is 2. The molecule has 4 heteroatoms. The number of nitrogens with zero attached hydrogens (tertiary/aromatic N) is 1. The van der Waals surface area contributed by atoms with Crippen molar-refractivity contribution in [2.45, 2.75) is 51.6 Å². The lowest BCUT2D eigenvalue weighted by molar-refractivity contribution is -0.154. The van der Waals surface area contributed by atoms with E-state index in [1.54, 1.807) is 0 Å². The first kappa shape index (κ1) is 11.0. The first-order valence-corrected chi connectivity index (χ1v) is 5.09. The summed E-state index contributed by atoms with van der Waals surface area (Å²) in [5.41, 5.74) is 0. The number of carbonyl (C=O) groups is 2. The Bertz CT molecular complexity index is 240. The minimum Gasteiger partial charge on any atom is -0.480 e. The molecule has 1 saturated heterocycles. The average Bonchev–Trinajstić information content (AvgIpc) is 2.16. The number of carboxylic acids is 1. The summed E-state index contributed by atoms with van der Waals surface area (Å²) in [6, 6.07) is -0.492. The Morgan fingerprint density at radius 1 is 1.43 bits per heavy atom. The molecule has 0 aromatic carbocycles.